The SMILES string of the molecule is CN(Cc1ccccc1)C(=O)C1CCC(C(=O)NCCNC(=O)c2cn(-c3ccccc3)nc2C(F)(F)F)CC1. The Bertz CT molecular complexity index is 1300. The van der Waals surface area contributed by atoms with E-state index in [1.165, 1.54) is 0 Å². The molecule has 2 aromatic carbocycles. The average Bonchev–Trinajstić information content (AvgIpc) is 3.43. The number of alkyl halides is 3. The van der Waals surface area contributed by atoms with Gasteiger partial charge in [-0.15, -0.1) is 0 Å². The van der Waals surface area contributed by atoms with Crippen LogP contribution in [0.15, 0.2) is 66.9 Å². The minimum Gasteiger partial charge on any atom is -0.354 e. The number of hydrogen-bond donors (Lipinski definition) is 2. The third-order valence-electron chi connectivity index (χ3n) is 7.04. The average molecular weight is 556 g/mol. The summed E-state index contributed by atoms with van der Waals surface area (Å²) in [5.74, 6) is -1.43. The van der Waals surface area contributed by atoms with Gasteiger partial charge in [0.2, 0.25) is 11.8 Å². The summed E-state index contributed by atoms with van der Waals surface area (Å²) in [7, 11) is 1.78. The molecule has 4 rings (SSSR count). The Morgan fingerprint density at radius 3 is 2.10 bits per heavy atom. The number of aromatic nitrogens is 2. The number of para-hydroxylation sites is 1. The third-order valence-corrected chi connectivity index (χ3v) is 7.04. The van der Waals surface area contributed by atoms with Crippen LogP contribution in [0.25, 0.3) is 5.69 Å². The summed E-state index contributed by atoms with van der Waals surface area (Å²) >= 11 is 0. The molecule has 40 heavy (non-hydrogen) atoms. The summed E-state index contributed by atoms with van der Waals surface area (Å²) in [6, 6.07) is 17.9. The van der Waals surface area contributed by atoms with Gasteiger partial charge in [0, 0.05) is 44.7 Å². The van der Waals surface area contributed by atoms with E-state index < -0.39 is 23.3 Å². The number of nitrogens with one attached hydrogen (secondary N) is 2. The van der Waals surface area contributed by atoms with Gasteiger partial charge >= 0.3 is 6.18 Å². The van der Waals surface area contributed by atoms with E-state index in [-0.39, 0.29) is 36.7 Å². The van der Waals surface area contributed by atoms with E-state index in [0.29, 0.717) is 37.9 Å². The van der Waals surface area contributed by atoms with E-state index in [1.807, 2.05) is 30.3 Å². The van der Waals surface area contributed by atoms with Crippen molar-refractivity contribution < 1.29 is 27.6 Å². The molecule has 1 heterocycles. The molecule has 8 nitrogen and oxygen atoms in total. The number of halogens is 3. The summed E-state index contributed by atoms with van der Waals surface area (Å²) in [6.07, 6.45) is -1.40. The van der Waals surface area contributed by atoms with Gasteiger partial charge in [-0.25, -0.2) is 4.68 Å². The standard InChI is InChI=1S/C29H32F3N5O3/c1-36(18-20-8-4-2-5-9-20)28(40)22-14-12-21(13-15-22)26(38)33-16-17-34-27(39)24-19-37(23-10-6-3-7-11-23)35-25(24)29(30,31)32/h2-11,19,21-22H,12-18H2,1H3,(H,33,38)(H,34,39). The molecule has 0 atom stereocenters. The molecule has 0 radical (unpaired) electrons. The first kappa shape index (κ1) is 28.8. The van der Waals surface area contributed by atoms with Crippen LogP contribution in [-0.2, 0) is 22.3 Å². The van der Waals surface area contributed by atoms with Gasteiger partial charge in [0.05, 0.1) is 11.3 Å². The molecule has 1 aromatic heterocycles. The van der Waals surface area contributed by atoms with Crippen LogP contribution in [0, 0.1) is 11.8 Å². The topological polar surface area (TPSA) is 96.3 Å². The first-order valence-corrected chi connectivity index (χ1v) is 13.2. The molecule has 1 aliphatic carbocycles. The molecule has 0 unspecified atom stereocenters. The lowest BCUT2D eigenvalue weighted by atomic mass is 9.81. The Hall–Kier alpha value is -4.15. The lowest BCUT2D eigenvalue weighted by Crippen LogP contribution is -2.40. The number of amides is 3. The molecule has 0 bridgehead atoms. The van der Waals surface area contributed by atoms with E-state index in [9.17, 15) is 27.6 Å². The lowest BCUT2D eigenvalue weighted by Gasteiger charge is -2.30. The fourth-order valence-corrected chi connectivity index (χ4v) is 4.91. The van der Waals surface area contributed by atoms with Crippen LogP contribution in [0.2, 0.25) is 0 Å². The van der Waals surface area contributed by atoms with Crippen LogP contribution in [-0.4, -0.2) is 52.5 Å². The highest BCUT2D eigenvalue weighted by Gasteiger charge is 2.39. The maximum atomic E-state index is 13.5. The van der Waals surface area contributed by atoms with Crippen LogP contribution in [0.1, 0.15) is 47.3 Å². The predicted molar refractivity (Wildman–Crippen MR) is 142 cm³/mol. The minimum atomic E-state index is -4.81. The molecule has 0 saturated heterocycles. The summed E-state index contributed by atoms with van der Waals surface area (Å²) in [6.45, 7) is 0.553. The monoisotopic (exact) mass is 555 g/mol. The molecule has 0 aliphatic heterocycles. The highest BCUT2D eigenvalue weighted by Crippen LogP contribution is 2.32. The molecular weight excluding hydrogens is 523 g/mol. The first-order valence-electron chi connectivity index (χ1n) is 13.2. The minimum absolute atomic E-state index is 0.0451. The first-order chi connectivity index (χ1) is 19.1. The summed E-state index contributed by atoms with van der Waals surface area (Å²) in [5.41, 5.74) is -0.432. The zero-order chi connectivity index (χ0) is 28.7. The summed E-state index contributed by atoms with van der Waals surface area (Å²) < 4.78 is 41.6. The van der Waals surface area contributed by atoms with Crippen LogP contribution in [0.4, 0.5) is 13.2 Å². The Morgan fingerprint density at radius 2 is 1.48 bits per heavy atom. The Morgan fingerprint density at radius 1 is 0.900 bits per heavy atom. The lowest BCUT2D eigenvalue weighted by molar-refractivity contribution is -0.141. The maximum absolute atomic E-state index is 13.5. The predicted octanol–water partition coefficient (Wildman–Crippen LogP) is 4.20. The van der Waals surface area contributed by atoms with Gasteiger partial charge in [0.1, 0.15) is 0 Å². The van der Waals surface area contributed by atoms with Crippen LogP contribution in [0.3, 0.4) is 0 Å². The van der Waals surface area contributed by atoms with Crippen LogP contribution >= 0.6 is 0 Å². The highest BCUT2D eigenvalue weighted by molar-refractivity contribution is 5.95. The van der Waals surface area contributed by atoms with E-state index in [2.05, 4.69) is 15.7 Å². The number of hydrogen-bond acceptors (Lipinski definition) is 4. The Kier molecular flexibility index (Phi) is 9.23. The van der Waals surface area contributed by atoms with E-state index >= 15 is 0 Å². The molecule has 212 valence electrons. The van der Waals surface area contributed by atoms with Gasteiger partial charge in [-0.05, 0) is 43.4 Å². The van der Waals surface area contributed by atoms with Gasteiger partial charge in [-0.2, -0.15) is 18.3 Å². The molecule has 1 fully saturated rings. The summed E-state index contributed by atoms with van der Waals surface area (Å²) in [4.78, 5) is 39.8. The van der Waals surface area contributed by atoms with Crippen molar-refractivity contribution in [1.82, 2.24) is 25.3 Å². The number of benzene rings is 2. The van der Waals surface area contributed by atoms with Gasteiger partial charge in [0.25, 0.3) is 5.91 Å². The Labute approximate surface area is 230 Å². The summed E-state index contributed by atoms with van der Waals surface area (Å²) in [5, 5.41) is 8.75. The maximum Gasteiger partial charge on any atom is 0.435 e. The smallest absolute Gasteiger partial charge is 0.354 e. The fraction of sp³-hybridized carbons (Fsp3) is 0.379. The van der Waals surface area contributed by atoms with Gasteiger partial charge in [-0.3, -0.25) is 14.4 Å². The second-order valence-electron chi connectivity index (χ2n) is 9.94. The number of rotatable bonds is 9. The van der Waals surface area contributed by atoms with Gasteiger partial charge < -0.3 is 15.5 Å². The Balaban J connectivity index is 1.22. The largest absolute Gasteiger partial charge is 0.435 e. The zero-order valence-corrected chi connectivity index (χ0v) is 22.2. The number of nitrogens with zero attached hydrogens (tertiary/aromatic N) is 3. The van der Waals surface area contributed by atoms with Crippen molar-refractivity contribution in [2.75, 3.05) is 20.1 Å². The molecular formula is C29H32F3N5O3. The zero-order valence-electron chi connectivity index (χ0n) is 22.2. The quantitative estimate of drug-likeness (QED) is 0.387. The van der Waals surface area contributed by atoms with Crippen molar-refractivity contribution in [2.45, 2.75) is 38.4 Å². The molecule has 1 saturated carbocycles. The van der Waals surface area contributed by atoms with Crippen molar-refractivity contribution in [2.24, 2.45) is 11.8 Å². The fourth-order valence-electron chi connectivity index (χ4n) is 4.91. The normalized spacial score (nSPS) is 17.2. The second kappa shape index (κ2) is 12.8. The number of carbonyl (C=O) groups excluding carboxylic acids is 3. The van der Waals surface area contributed by atoms with Crippen molar-refractivity contribution in [3.63, 3.8) is 0 Å². The van der Waals surface area contributed by atoms with Crippen LogP contribution < -0.4 is 10.6 Å². The second-order valence-corrected chi connectivity index (χ2v) is 9.94. The molecule has 11 heteroatoms. The van der Waals surface area contributed by atoms with Crippen molar-refractivity contribution >= 4 is 17.7 Å². The van der Waals surface area contributed by atoms with Crippen molar-refractivity contribution in [3.8, 4) is 5.69 Å². The molecule has 0 spiro atoms. The highest BCUT2D eigenvalue weighted by atomic mass is 19.4. The molecule has 3 amide bonds. The van der Waals surface area contributed by atoms with Crippen molar-refractivity contribution in [1.29, 1.82) is 0 Å². The number of carbonyl (C=O) groups is 3. The molecule has 3 aromatic rings. The van der Waals surface area contributed by atoms with E-state index in [4.69, 9.17) is 0 Å². The van der Waals surface area contributed by atoms with E-state index in [1.54, 1.807) is 42.3 Å². The molecule has 2 N–H and O–H groups in total. The van der Waals surface area contributed by atoms with Gasteiger partial charge in [0.15, 0.2) is 5.69 Å². The van der Waals surface area contributed by atoms with Crippen molar-refractivity contribution in [3.05, 3.63) is 83.7 Å². The third kappa shape index (κ3) is 7.28. The molecule has 1 aliphatic rings. The van der Waals surface area contributed by atoms with E-state index in [0.717, 1.165) is 16.4 Å². The van der Waals surface area contributed by atoms with Crippen LogP contribution in [0.5, 0.6) is 0 Å². The van der Waals surface area contributed by atoms with Gasteiger partial charge in [-0.1, -0.05) is 48.5 Å².